The number of benzene rings is 3. The number of para-hydroxylation sites is 1. The molecule has 11 nitrogen and oxygen atoms in total. The Balaban J connectivity index is 1.46. The normalized spacial score (nSPS) is 12.2. The topological polar surface area (TPSA) is 126 Å². The first-order valence-corrected chi connectivity index (χ1v) is 12.7. The number of methoxy groups -OCH3 is 1. The number of rotatable bonds is 7. The molecular weight excluding hydrogens is 508 g/mol. The number of aromatic nitrogens is 8. The molecule has 200 valence electrons. The van der Waals surface area contributed by atoms with Crippen LogP contribution < -0.4 is 11.2 Å². The van der Waals surface area contributed by atoms with E-state index in [-0.39, 0.29) is 0 Å². The fourth-order valence-corrected chi connectivity index (χ4v) is 4.92. The van der Waals surface area contributed by atoms with E-state index in [1.165, 1.54) is 11.7 Å². The standard InChI is InChI=1S/C29H26N8O3/c1-18-30-27-25(28(38)36(19(2)40-3)29(39)37(27)22-9-5-4-6-10-22)35(18)17-20-13-15-21(16-14-20)23-11-7-8-12-24(23)26-31-33-34-32-26/h4-16,19H,17H2,1-3H3,(H,31,32,33,34). The van der Waals surface area contributed by atoms with Crippen molar-refractivity contribution in [2.45, 2.75) is 26.6 Å². The lowest BCUT2D eigenvalue weighted by atomic mass is 9.98. The molecule has 1 N–H and O–H groups in total. The highest BCUT2D eigenvalue weighted by molar-refractivity contribution is 5.80. The molecule has 0 saturated heterocycles. The highest BCUT2D eigenvalue weighted by Gasteiger charge is 2.23. The molecule has 6 rings (SSSR count). The maximum absolute atomic E-state index is 13.7. The molecule has 0 bridgehead atoms. The molecule has 0 amide bonds. The van der Waals surface area contributed by atoms with Crippen molar-refractivity contribution in [1.29, 1.82) is 0 Å². The van der Waals surface area contributed by atoms with Crippen molar-refractivity contribution in [3.8, 4) is 28.2 Å². The van der Waals surface area contributed by atoms with Crippen molar-refractivity contribution in [3.05, 3.63) is 111 Å². The van der Waals surface area contributed by atoms with Gasteiger partial charge in [0.15, 0.2) is 11.2 Å². The quantitative estimate of drug-likeness (QED) is 0.331. The lowest BCUT2D eigenvalue weighted by Crippen LogP contribution is -2.42. The zero-order chi connectivity index (χ0) is 27.8. The number of nitrogens with zero attached hydrogens (tertiary/aromatic N) is 7. The van der Waals surface area contributed by atoms with Gasteiger partial charge in [0.2, 0.25) is 5.82 Å². The highest BCUT2D eigenvalue weighted by atomic mass is 16.5. The average molecular weight is 535 g/mol. The van der Waals surface area contributed by atoms with E-state index in [0.29, 0.717) is 35.0 Å². The van der Waals surface area contributed by atoms with Gasteiger partial charge in [0.25, 0.3) is 5.56 Å². The molecule has 6 aromatic rings. The van der Waals surface area contributed by atoms with Crippen LogP contribution >= 0.6 is 0 Å². The Kier molecular flexibility index (Phi) is 6.40. The maximum atomic E-state index is 13.7. The van der Waals surface area contributed by atoms with Gasteiger partial charge in [-0.15, -0.1) is 10.2 Å². The van der Waals surface area contributed by atoms with Crippen LogP contribution in [0.2, 0.25) is 0 Å². The number of aryl methyl sites for hydroxylation is 1. The summed E-state index contributed by atoms with van der Waals surface area (Å²) in [5.74, 6) is 1.14. The minimum atomic E-state index is -0.762. The summed E-state index contributed by atoms with van der Waals surface area (Å²) in [6.07, 6.45) is -0.762. The summed E-state index contributed by atoms with van der Waals surface area (Å²) < 4.78 is 9.84. The largest absolute Gasteiger partial charge is 0.361 e. The maximum Gasteiger partial charge on any atom is 0.339 e. The number of hydrogen-bond acceptors (Lipinski definition) is 7. The summed E-state index contributed by atoms with van der Waals surface area (Å²) in [6.45, 7) is 3.89. The SMILES string of the molecule is COC(C)n1c(=O)c2c(nc(C)n2Cc2ccc(-c3ccccc3-c3nn[nH]n3)cc2)n(-c2ccccc2)c1=O. The molecule has 0 saturated carbocycles. The van der Waals surface area contributed by atoms with Crippen molar-refractivity contribution >= 4 is 11.2 Å². The van der Waals surface area contributed by atoms with Crippen LogP contribution in [0.15, 0.2) is 88.5 Å². The number of imidazole rings is 1. The van der Waals surface area contributed by atoms with E-state index in [1.807, 2.05) is 90.4 Å². The molecule has 0 aliphatic carbocycles. The van der Waals surface area contributed by atoms with Crippen LogP contribution in [0.5, 0.6) is 0 Å². The van der Waals surface area contributed by atoms with Gasteiger partial charge >= 0.3 is 5.69 Å². The first-order valence-electron chi connectivity index (χ1n) is 12.7. The number of ether oxygens (including phenoxy) is 1. The number of fused-ring (bicyclic) bond motifs is 1. The van der Waals surface area contributed by atoms with Crippen molar-refractivity contribution in [1.82, 2.24) is 39.3 Å². The average Bonchev–Trinajstić information content (AvgIpc) is 3.63. The molecule has 0 spiro atoms. The second-order valence-corrected chi connectivity index (χ2v) is 9.36. The number of nitrogens with one attached hydrogen (secondary N) is 1. The van der Waals surface area contributed by atoms with E-state index >= 15 is 0 Å². The van der Waals surface area contributed by atoms with E-state index in [0.717, 1.165) is 26.8 Å². The zero-order valence-corrected chi connectivity index (χ0v) is 22.1. The fourth-order valence-electron chi connectivity index (χ4n) is 4.92. The molecule has 0 aliphatic rings. The summed E-state index contributed by atoms with van der Waals surface area (Å²) in [5, 5.41) is 14.4. The van der Waals surface area contributed by atoms with Gasteiger partial charge in [0.05, 0.1) is 5.69 Å². The Morgan fingerprint density at radius 3 is 2.30 bits per heavy atom. The third-order valence-electron chi connectivity index (χ3n) is 7.01. The molecule has 1 unspecified atom stereocenters. The monoisotopic (exact) mass is 534 g/mol. The lowest BCUT2D eigenvalue weighted by Gasteiger charge is -2.16. The molecule has 0 radical (unpaired) electrons. The van der Waals surface area contributed by atoms with Crippen LogP contribution in [0.25, 0.3) is 39.4 Å². The van der Waals surface area contributed by atoms with Gasteiger partial charge in [-0.3, -0.25) is 4.79 Å². The van der Waals surface area contributed by atoms with E-state index in [9.17, 15) is 9.59 Å². The van der Waals surface area contributed by atoms with Gasteiger partial charge in [-0.1, -0.05) is 66.7 Å². The Bertz CT molecular complexity index is 1920. The van der Waals surface area contributed by atoms with Crippen LogP contribution in [-0.2, 0) is 11.3 Å². The Morgan fingerprint density at radius 1 is 0.925 bits per heavy atom. The third kappa shape index (κ3) is 4.22. The molecule has 3 aromatic heterocycles. The van der Waals surface area contributed by atoms with Crippen LogP contribution in [-0.4, -0.2) is 46.4 Å². The molecule has 3 heterocycles. The molecule has 0 fully saturated rings. The van der Waals surface area contributed by atoms with Gasteiger partial charge in [0, 0.05) is 19.2 Å². The smallest absolute Gasteiger partial charge is 0.339 e. The number of tetrazole rings is 1. The van der Waals surface area contributed by atoms with Gasteiger partial charge in [-0.2, -0.15) is 5.21 Å². The first-order chi connectivity index (χ1) is 19.5. The second kappa shape index (κ2) is 10.2. The van der Waals surface area contributed by atoms with Gasteiger partial charge in [-0.25, -0.2) is 18.9 Å². The molecule has 3 aromatic carbocycles. The Hall–Kier alpha value is -5.16. The second-order valence-electron chi connectivity index (χ2n) is 9.36. The minimum Gasteiger partial charge on any atom is -0.361 e. The van der Waals surface area contributed by atoms with Crippen molar-refractivity contribution < 1.29 is 4.74 Å². The van der Waals surface area contributed by atoms with Gasteiger partial charge in [-0.05, 0) is 47.9 Å². The minimum absolute atomic E-state index is 0.309. The Labute approximate surface area is 228 Å². The summed E-state index contributed by atoms with van der Waals surface area (Å²) in [4.78, 5) is 32.0. The molecule has 0 aliphatic heterocycles. The number of H-pyrrole nitrogens is 1. The zero-order valence-electron chi connectivity index (χ0n) is 22.1. The Morgan fingerprint density at radius 2 is 1.62 bits per heavy atom. The highest BCUT2D eigenvalue weighted by Crippen LogP contribution is 2.30. The van der Waals surface area contributed by atoms with Crippen LogP contribution in [0, 0.1) is 6.92 Å². The van der Waals surface area contributed by atoms with Crippen molar-refractivity contribution in [3.63, 3.8) is 0 Å². The van der Waals surface area contributed by atoms with E-state index < -0.39 is 17.5 Å². The summed E-state index contributed by atoms with van der Waals surface area (Å²) in [6, 6.07) is 25.1. The molecule has 11 heteroatoms. The van der Waals surface area contributed by atoms with Crippen LogP contribution in [0.4, 0.5) is 0 Å². The fraction of sp³-hybridized carbons (Fsp3) is 0.172. The van der Waals surface area contributed by atoms with E-state index in [2.05, 4.69) is 25.6 Å². The summed E-state index contributed by atoms with van der Waals surface area (Å²) >= 11 is 0. The van der Waals surface area contributed by atoms with Crippen LogP contribution in [0.1, 0.15) is 24.5 Å². The van der Waals surface area contributed by atoms with Crippen LogP contribution in [0.3, 0.4) is 0 Å². The lowest BCUT2D eigenvalue weighted by molar-refractivity contribution is 0.0536. The van der Waals surface area contributed by atoms with Crippen molar-refractivity contribution in [2.24, 2.45) is 0 Å². The van der Waals surface area contributed by atoms with E-state index in [4.69, 9.17) is 4.74 Å². The third-order valence-corrected chi connectivity index (χ3v) is 7.01. The first kappa shape index (κ1) is 25.1. The van der Waals surface area contributed by atoms with E-state index in [1.54, 1.807) is 6.92 Å². The predicted molar refractivity (Wildman–Crippen MR) is 150 cm³/mol. The van der Waals surface area contributed by atoms with Gasteiger partial charge in [0.1, 0.15) is 12.1 Å². The predicted octanol–water partition coefficient (Wildman–Crippen LogP) is 3.72. The number of hydrogen-bond donors (Lipinski definition) is 1. The molecule has 1 atom stereocenters. The van der Waals surface area contributed by atoms with Gasteiger partial charge < -0.3 is 9.30 Å². The number of aromatic amines is 1. The van der Waals surface area contributed by atoms with Crippen molar-refractivity contribution in [2.75, 3.05) is 7.11 Å². The summed E-state index contributed by atoms with van der Waals surface area (Å²) in [5.41, 5.74) is 4.09. The summed E-state index contributed by atoms with van der Waals surface area (Å²) in [7, 11) is 1.47. The molecular formula is C29H26N8O3. The molecule has 40 heavy (non-hydrogen) atoms.